The van der Waals surface area contributed by atoms with Gasteiger partial charge >= 0.3 is 0 Å². The van der Waals surface area contributed by atoms with Crippen LogP contribution in [0, 0.1) is 0 Å². The van der Waals surface area contributed by atoms with Gasteiger partial charge in [-0.1, -0.05) is 44.4 Å². The zero-order chi connectivity index (χ0) is 8.10. The van der Waals surface area contributed by atoms with Crippen LogP contribution in [-0.2, 0) is 0 Å². The van der Waals surface area contributed by atoms with Crippen molar-refractivity contribution in [3.8, 4) is 0 Å². The third-order valence-electron chi connectivity index (χ3n) is 1.44. The molecule has 0 unspecified atom stereocenters. The third-order valence-corrected chi connectivity index (χ3v) is 3.09. The summed E-state index contributed by atoms with van der Waals surface area (Å²) < 4.78 is 0. The van der Waals surface area contributed by atoms with E-state index in [-0.39, 0.29) is 6.69 Å². The maximum absolute atomic E-state index is 2.29. The Labute approximate surface area is 73.0 Å². The number of hydrogen-bond donors (Lipinski definition) is 0. The van der Waals surface area contributed by atoms with Crippen molar-refractivity contribution in [1.82, 2.24) is 4.81 Å². The number of rotatable bonds is 3. The highest BCUT2D eigenvalue weighted by Gasteiger charge is 1.85. The van der Waals surface area contributed by atoms with Gasteiger partial charge in [0.2, 0.25) is 0 Å². The molecule has 1 aromatic rings. The molecular weight excluding hydrogens is 153 g/mol. The highest BCUT2D eigenvalue weighted by molar-refractivity contribution is 8.22. The molecule has 0 aliphatic rings. The Bertz CT molecular complexity index is 201. The van der Waals surface area contributed by atoms with Crippen LogP contribution in [0.2, 0.25) is 0 Å². The van der Waals surface area contributed by atoms with Gasteiger partial charge in [-0.3, -0.25) is 0 Å². The van der Waals surface area contributed by atoms with Crippen molar-refractivity contribution in [3.05, 3.63) is 30.3 Å². The summed E-state index contributed by atoms with van der Waals surface area (Å²) in [5.74, 6) is 0. The van der Waals surface area contributed by atoms with Crippen LogP contribution in [0.4, 0.5) is 0 Å². The Morgan fingerprint density at radius 2 is 1.82 bits per heavy atom. The zero-order valence-corrected chi connectivity index (χ0v) is 8.06. The van der Waals surface area contributed by atoms with Crippen LogP contribution in [0.25, 0.3) is 0 Å². The zero-order valence-electron chi connectivity index (χ0n) is 7.24. The number of nitrogens with zero attached hydrogens (tertiary/aromatic N) is 1. The third kappa shape index (κ3) is 3.49. The lowest BCUT2D eigenvalue weighted by atomic mass is 10.3. The second-order valence-corrected chi connectivity index (χ2v) is 4.29. The minimum absolute atomic E-state index is 0.0126. The van der Waals surface area contributed by atoms with Crippen molar-refractivity contribution in [2.75, 3.05) is 14.1 Å². The van der Waals surface area contributed by atoms with E-state index in [2.05, 4.69) is 49.2 Å². The summed E-state index contributed by atoms with van der Waals surface area (Å²) in [6.45, 7) is 0.0126. The molecule has 0 aliphatic carbocycles. The van der Waals surface area contributed by atoms with Crippen LogP contribution in [0.1, 0.15) is 0 Å². The Kier molecular flexibility index (Phi) is 3.53. The summed E-state index contributed by atoms with van der Waals surface area (Å²) >= 11 is 1.98. The molecule has 1 nitrogen and oxygen atoms in total. The summed E-state index contributed by atoms with van der Waals surface area (Å²) in [6.07, 6.45) is 0. The van der Waals surface area contributed by atoms with E-state index in [1.807, 2.05) is 11.6 Å². The van der Waals surface area contributed by atoms with Gasteiger partial charge in [0.15, 0.2) is 0 Å². The van der Waals surface area contributed by atoms with E-state index in [0.29, 0.717) is 0 Å². The van der Waals surface area contributed by atoms with Gasteiger partial charge in [-0.2, -0.15) is 0 Å². The van der Waals surface area contributed by atoms with Gasteiger partial charge < -0.3 is 16.4 Å². The molecule has 60 valence electrons. The first-order valence-corrected chi connectivity index (χ1v) is 5.09. The Morgan fingerprint density at radius 3 is 2.36 bits per heavy atom. The minimum Gasteiger partial charge on any atom is -0.475 e. The van der Waals surface area contributed by atoms with Crippen molar-refractivity contribution in [3.63, 3.8) is 0 Å². The number of hydrogen-bond acceptors (Lipinski definition) is 2. The Balaban J connectivity index is 2.39. The smallest absolute Gasteiger partial charge is 0.0918 e. The molecule has 0 aromatic heterocycles. The van der Waals surface area contributed by atoms with Crippen molar-refractivity contribution in [2.24, 2.45) is 0 Å². The molecule has 0 aliphatic heterocycles. The average molecular weight is 166 g/mol. The molecule has 1 rings (SSSR count). The monoisotopic (exact) mass is 166 g/mol. The van der Waals surface area contributed by atoms with E-state index in [4.69, 9.17) is 0 Å². The van der Waals surface area contributed by atoms with Gasteiger partial charge in [0.25, 0.3) is 0 Å². The molecule has 0 bridgehead atoms. The van der Waals surface area contributed by atoms with E-state index in [1.54, 1.807) is 0 Å². The predicted molar refractivity (Wildman–Crippen MR) is 54.5 cm³/mol. The van der Waals surface area contributed by atoms with Gasteiger partial charge in [-0.15, -0.1) is 0 Å². The second kappa shape index (κ2) is 4.47. The lowest BCUT2D eigenvalue weighted by molar-refractivity contribution is 0.674. The maximum atomic E-state index is 2.29. The van der Waals surface area contributed by atoms with E-state index in [1.165, 1.54) is 4.90 Å². The largest absolute Gasteiger partial charge is 0.475 e. The molecule has 0 saturated heterocycles. The van der Waals surface area contributed by atoms with E-state index >= 15 is 0 Å². The molecule has 0 spiro atoms. The number of benzene rings is 1. The molecular formula is C8H13BNS-. The summed E-state index contributed by atoms with van der Waals surface area (Å²) in [7, 11) is 4.27. The minimum atomic E-state index is 0.0126. The lowest BCUT2D eigenvalue weighted by Crippen LogP contribution is -2.13. The molecule has 3 heteroatoms. The first-order chi connectivity index (χ1) is 5.29. The fourth-order valence-electron chi connectivity index (χ4n) is 0.845. The van der Waals surface area contributed by atoms with Crippen LogP contribution in [0.3, 0.4) is 0 Å². The lowest BCUT2D eigenvalue weighted by Gasteiger charge is -2.17. The van der Waals surface area contributed by atoms with Crippen molar-refractivity contribution >= 4 is 18.3 Å². The van der Waals surface area contributed by atoms with Crippen LogP contribution in [0.5, 0.6) is 0 Å². The van der Waals surface area contributed by atoms with Gasteiger partial charge in [-0.05, 0) is 4.90 Å². The maximum Gasteiger partial charge on any atom is 0.0918 e. The molecule has 0 atom stereocenters. The van der Waals surface area contributed by atoms with Crippen LogP contribution < -0.4 is 0 Å². The molecule has 1 aromatic carbocycles. The molecule has 0 fully saturated rings. The van der Waals surface area contributed by atoms with Crippen molar-refractivity contribution < 1.29 is 0 Å². The molecule has 0 amide bonds. The summed E-state index contributed by atoms with van der Waals surface area (Å²) in [6, 6.07) is 10.6. The van der Waals surface area contributed by atoms with Gasteiger partial charge in [-0.25, -0.2) is 0 Å². The van der Waals surface area contributed by atoms with Crippen molar-refractivity contribution in [1.29, 1.82) is 0 Å². The molecule has 11 heavy (non-hydrogen) atoms. The van der Waals surface area contributed by atoms with Gasteiger partial charge in [0.1, 0.15) is 0 Å². The first kappa shape index (κ1) is 8.69. The van der Waals surface area contributed by atoms with E-state index in [9.17, 15) is 0 Å². The van der Waals surface area contributed by atoms with E-state index < -0.39 is 0 Å². The summed E-state index contributed by atoms with van der Waals surface area (Å²) in [4.78, 5) is 3.68. The van der Waals surface area contributed by atoms with Crippen LogP contribution in [0.15, 0.2) is 35.2 Å². The molecule has 0 heterocycles. The quantitative estimate of drug-likeness (QED) is 0.623. The first-order valence-electron chi connectivity index (χ1n) is 3.86. The predicted octanol–water partition coefficient (Wildman–Crippen LogP) is 1.34. The standard InChI is InChI=1S/C8H13BNS/c1-10(2)9-11-8-6-4-3-5-7-8/h3-7H,9H2,1-2H3/q-1. The Hall–Kier alpha value is -0.405. The topological polar surface area (TPSA) is 3.24 Å². The van der Waals surface area contributed by atoms with Gasteiger partial charge in [0, 0.05) is 0 Å². The average Bonchev–Trinajstić information content (AvgIpc) is 2.03. The summed E-state index contributed by atoms with van der Waals surface area (Å²) in [5.41, 5.74) is 0. The molecule has 0 radical (unpaired) electrons. The van der Waals surface area contributed by atoms with Crippen LogP contribution >= 0.6 is 11.6 Å². The van der Waals surface area contributed by atoms with Crippen LogP contribution in [-0.4, -0.2) is 25.6 Å². The normalized spacial score (nSPS) is 10.5. The SMILES string of the molecule is CN(C)[BH2-]Sc1ccccc1. The Morgan fingerprint density at radius 1 is 1.18 bits per heavy atom. The second-order valence-electron chi connectivity index (χ2n) is 3.04. The highest BCUT2D eigenvalue weighted by atomic mass is 32.2. The molecule has 0 saturated carbocycles. The summed E-state index contributed by atoms with van der Waals surface area (Å²) in [5, 5.41) is 0. The fraction of sp³-hybridized carbons (Fsp3) is 0.250. The van der Waals surface area contributed by atoms with Gasteiger partial charge in [0.05, 0.1) is 6.69 Å². The highest BCUT2D eigenvalue weighted by Crippen LogP contribution is 2.14. The van der Waals surface area contributed by atoms with E-state index in [0.717, 1.165) is 0 Å². The fourth-order valence-corrected chi connectivity index (χ4v) is 1.85. The molecule has 0 N–H and O–H groups in total. The van der Waals surface area contributed by atoms with Crippen molar-refractivity contribution in [2.45, 2.75) is 4.90 Å².